The molecule has 3 saturated heterocycles. The quantitative estimate of drug-likeness (QED) is 0.836. The van der Waals surface area contributed by atoms with E-state index in [4.69, 9.17) is 0 Å². The molecule has 154 valence electrons. The van der Waals surface area contributed by atoms with Gasteiger partial charge in [-0.1, -0.05) is 6.42 Å². The second-order valence-electron chi connectivity index (χ2n) is 8.21. The summed E-state index contributed by atoms with van der Waals surface area (Å²) in [7, 11) is 0. The predicted octanol–water partition coefficient (Wildman–Crippen LogP) is 3.00. The van der Waals surface area contributed by atoms with Gasteiger partial charge in [0.05, 0.1) is 5.69 Å². The molecule has 1 N–H and O–H groups in total. The fraction of sp³-hybridized carbons (Fsp3) is 0.750. The van der Waals surface area contributed by atoms with Crippen LogP contribution >= 0.6 is 11.3 Å². The van der Waals surface area contributed by atoms with Crippen LogP contribution in [0.1, 0.15) is 50.6 Å². The van der Waals surface area contributed by atoms with Gasteiger partial charge < -0.3 is 15.1 Å². The normalized spacial score (nSPS) is 21.9. The number of urea groups is 1. The number of piperidine rings is 2. The van der Waals surface area contributed by atoms with Gasteiger partial charge >= 0.3 is 6.03 Å². The molecule has 3 aliphatic rings. The van der Waals surface area contributed by atoms with Gasteiger partial charge in [-0.25, -0.2) is 9.78 Å². The third-order valence-corrected chi connectivity index (χ3v) is 6.94. The number of hydrogen-bond donors (Lipinski definition) is 1. The summed E-state index contributed by atoms with van der Waals surface area (Å²) in [4.78, 5) is 36.0. The maximum absolute atomic E-state index is 12.6. The lowest BCUT2D eigenvalue weighted by Crippen LogP contribution is -2.47. The van der Waals surface area contributed by atoms with Crippen LogP contribution in [0.25, 0.3) is 0 Å². The first-order chi connectivity index (χ1) is 13.7. The van der Waals surface area contributed by atoms with Gasteiger partial charge in [-0.05, 0) is 51.6 Å². The van der Waals surface area contributed by atoms with Crippen LogP contribution in [0, 0.1) is 5.92 Å². The van der Waals surface area contributed by atoms with Crippen LogP contribution in [0.3, 0.4) is 0 Å². The van der Waals surface area contributed by atoms with Crippen LogP contribution in [0.2, 0.25) is 0 Å². The van der Waals surface area contributed by atoms with E-state index in [1.54, 1.807) is 0 Å². The molecule has 0 atom stereocenters. The Kier molecular flexibility index (Phi) is 6.47. The van der Waals surface area contributed by atoms with Crippen molar-refractivity contribution in [3.05, 3.63) is 11.1 Å². The second kappa shape index (κ2) is 9.22. The number of aromatic nitrogens is 1. The molecule has 0 spiro atoms. The molecular formula is C20H31N5O2S. The minimum Gasteiger partial charge on any atom is -0.325 e. The number of thiazole rings is 1. The van der Waals surface area contributed by atoms with Gasteiger partial charge in [-0.3, -0.25) is 9.69 Å². The molecule has 0 radical (unpaired) electrons. The highest BCUT2D eigenvalue weighted by atomic mass is 32.1. The number of carbonyl (C=O) groups is 2. The first kappa shape index (κ1) is 19.6. The minimum atomic E-state index is -0.0305. The first-order valence-electron chi connectivity index (χ1n) is 10.7. The van der Waals surface area contributed by atoms with Crippen LogP contribution in [0.5, 0.6) is 0 Å². The number of nitrogens with zero attached hydrogens (tertiary/aromatic N) is 4. The van der Waals surface area contributed by atoms with Crippen molar-refractivity contribution in [2.75, 3.05) is 44.6 Å². The van der Waals surface area contributed by atoms with Crippen molar-refractivity contribution in [2.45, 2.75) is 51.5 Å². The van der Waals surface area contributed by atoms with E-state index in [2.05, 4.69) is 20.6 Å². The molecule has 0 bridgehead atoms. The topological polar surface area (TPSA) is 68.8 Å². The second-order valence-corrected chi connectivity index (χ2v) is 9.07. The summed E-state index contributed by atoms with van der Waals surface area (Å²) < 4.78 is 0. The van der Waals surface area contributed by atoms with E-state index in [0.29, 0.717) is 18.2 Å². The van der Waals surface area contributed by atoms with Crippen LogP contribution in [0.4, 0.5) is 9.93 Å². The van der Waals surface area contributed by atoms with Crippen molar-refractivity contribution in [1.82, 2.24) is 19.7 Å². The fourth-order valence-corrected chi connectivity index (χ4v) is 5.14. The van der Waals surface area contributed by atoms with Gasteiger partial charge in [0.1, 0.15) is 0 Å². The number of rotatable bonds is 4. The maximum atomic E-state index is 12.6. The maximum Gasteiger partial charge on any atom is 0.319 e. The van der Waals surface area contributed by atoms with E-state index in [1.807, 2.05) is 9.80 Å². The molecule has 3 fully saturated rings. The Bertz CT molecular complexity index is 674. The lowest BCUT2D eigenvalue weighted by Gasteiger charge is -2.33. The zero-order chi connectivity index (χ0) is 19.3. The Morgan fingerprint density at radius 2 is 1.61 bits per heavy atom. The van der Waals surface area contributed by atoms with E-state index < -0.39 is 0 Å². The summed E-state index contributed by atoms with van der Waals surface area (Å²) in [5.74, 6) is 0.0178. The number of amides is 3. The highest BCUT2D eigenvalue weighted by molar-refractivity contribution is 7.13. The van der Waals surface area contributed by atoms with E-state index >= 15 is 0 Å². The van der Waals surface area contributed by atoms with E-state index in [0.717, 1.165) is 64.1 Å². The molecule has 1 aromatic heterocycles. The summed E-state index contributed by atoms with van der Waals surface area (Å²) in [6.45, 7) is 6.27. The van der Waals surface area contributed by atoms with Gasteiger partial charge in [0, 0.05) is 44.0 Å². The van der Waals surface area contributed by atoms with Gasteiger partial charge in [0.2, 0.25) is 5.91 Å². The van der Waals surface area contributed by atoms with Crippen molar-refractivity contribution in [1.29, 1.82) is 0 Å². The van der Waals surface area contributed by atoms with E-state index in [1.165, 1.54) is 30.6 Å². The van der Waals surface area contributed by atoms with Crippen molar-refractivity contribution in [3.8, 4) is 0 Å². The zero-order valence-electron chi connectivity index (χ0n) is 16.6. The lowest BCUT2D eigenvalue weighted by molar-refractivity contribution is -0.121. The minimum absolute atomic E-state index is 0.0305. The summed E-state index contributed by atoms with van der Waals surface area (Å²) >= 11 is 1.51. The molecule has 3 aliphatic heterocycles. The average Bonchev–Trinajstić information content (AvgIpc) is 3.41. The standard InChI is InChI=1S/C20H31N5O2S/c26-18(16-6-12-25(13-7-16)20(27)24-10-4-5-11-24)22-19-21-17(15-28-19)14-23-8-2-1-3-9-23/h15-16H,1-14H2,(H,21,22,26). The Morgan fingerprint density at radius 3 is 2.32 bits per heavy atom. The van der Waals surface area contributed by atoms with Gasteiger partial charge in [0.25, 0.3) is 0 Å². The van der Waals surface area contributed by atoms with Crippen LogP contribution in [0.15, 0.2) is 5.38 Å². The van der Waals surface area contributed by atoms with Crippen molar-refractivity contribution < 1.29 is 9.59 Å². The molecule has 4 heterocycles. The predicted molar refractivity (Wildman–Crippen MR) is 110 cm³/mol. The molecular weight excluding hydrogens is 374 g/mol. The number of anilines is 1. The Morgan fingerprint density at radius 1 is 0.964 bits per heavy atom. The Hall–Kier alpha value is -1.67. The molecule has 1 aromatic rings. The summed E-state index contributed by atoms with van der Waals surface area (Å²) in [6.07, 6.45) is 7.56. The van der Waals surface area contributed by atoms with E-state index in [9.17, 15) is 9.59 Å². The molecule has 3 amide bonds. The monoisotopic (exact) mass is 405 g/mol. The molecule has 0 unspecified atom stereocenters. The Balaban J connectivity index is 1.23. The largest absolute Gasteiger partial charge is 0.325 e. The van der Waals surface area contributed by atoms with Crippen molar-refractivity contribution in [2.24, 2.45) is 5.92 Å². The molecule has 7 nitrogen and oxygen atoms in total. The highest BCUT2D eigenvalue weighted by Gasteiger charge is 2.30. The third-order valence-electron chi connectivity index (χ3n) is 6.13. The zero-order valence-corrected chi connectivity index (χ0v) is 17.4. The Labute approximate surface area is 171 Å². The highest BCUT2D eigenvalue weighted by Crippen LogP contribution is 2.24. The van der Waals surface area contributed by atoms with Crippen LogP contribution < -0.4 is 5.32 Å². The summed E-state index contributed by atoms with van der Waals surface area (Å²) in [6, 6.07) is 0.152. The van der Waals surface area contributed by atoms with Crippen LogP contribution in [-0.2, 0) is 11.3 Å². The van der Waals surface area contributed by atoms with Crippen LogP contribution in [-0.4, -0.2) is 70.9 Å². The van der Waals surface area contributed by atoms with E-state index in [-0.39, 0.29) is 17.9 Å². The molecule has 0 aliphatic carbocycles. The van der Waals surface area contributed by atoms with Gasteiger partial charge in [-0.15, -0.1) is 11.3 Å². The van der Waals surface area contributed by atoms with Gasteiger partial charge in [-0.2, -0.15) is 0 Å². The van der Waals surface area contributed by atoms with Crippen molar-refractivity contribution >= 4 is 28.4 Å². The third kappa shape index (κ3) is 4.84. The number of carbonyl (C=O) groups excluding carboxylic acids is 2. The summed E-state index contributed by atoms with van der Waals surface area (Å²) in [5.41, 5.74) is 1.05. The fourth-order valence-electron chi connectivity index (χ4n) is 4.43. The molecule has 8 heteroatoms. The molecule has 4 rings (SSSR count). The smallest absolute Gasteiger partial charge is 0.319 e. The molecule has 0 saturated carbocycles. The lowest BCUT2D eigenvalue weighted by atomic mass is 9.96. The van der Waals surface area contributed by atoms with Gasteiger partial charge in [0.15, 0.2) is 5.13 Å². The number of nitrogens with one attached hydrogen (secondary N) is 1. The number of hydrogen-bond acceptors (Lipinski definition) is 5. The number of likely N-dealkylation sites (tertiary alicyclic amines) is 3. The molecule has 0 aromatic carbocycles. The van der Waals surface area contributed by atoms with Crippen molar-refractivity contribution in [3.63, 3.8) is 0 Å². The first-order valence-corrected chi connectivity index (χ1v) is 11.6. The SMILES string of the molecule is O=C(Nc1nc(CN2CCCCC2)cs1)C1CCN(C(=O)N2CCCC2)CC1. The average molecular weight is 406 g/mol. The molecule has 28 heavy (non-hydrogen) atoms. The summed E-state index contributed by atoms with van der Waals surface area (Å²) in [5, 5.41) is 5.76.